The lowest BCUT2D eigenvalue weighted by atomic mass is 10.1. The fraction of sp³-hybridized carbons (Fsp3) is 0.350. The Balaban J connectivity index is 1.94. The molecule has 0 aliphatic heterocycles. The van der Waals surface area contributed by atoms with Crippen LogP contribution in [0.1, 0.15) is 19.4 Å². The third-order valence-electron chi connectivity index (χ3n) is 3.66. The molecule has 25 heavy (non-hydrogen) atoms. The van der Waals surface area contributed by atoms with Crippen molar-refractivity contribution in [3.63, 3.8) is 0 Å². The number of aliphatic hydroxyl groups excluding tert-OH is 1. The SMILES string of the molecule is CC(C)Oc1cccc(CC(=O)Nc2ccc(N(C)CCO)cc2)c1. The number of benzene rings is 2. The maximum Gasteiger partial charge on any atom is 0.228 e. The molecule has 0 aromatic heterocycles. The largest absolute Gasteiger partial charge is 0.491 e. The van der Waals surface area contributed by atoms with Crippen LogP contribution in [0.4, 0.5) is 11.4 Å². The van der Waals surface area contributed by atoms with Gasteiger partial charge in [-0.05, 0) is 55.8 Å². The predicted molar refractivity (Wildman–Crippen MR) is 101 cm³/mol. The van der Waals surface area contributed by atoms with Crippen molar-refractivity contribution < 1.29 is 14.6 Å². The van der Waals surface area contributed by atoms with E-state index in [-0.39, 0.29) is 18.6 Å². The number of carbonyl (C=O) groups excluding carboxylic acids is 1. The second kappa shape index (κ2) is 9.08. The van der Waals surface area contributed by atoms with Gasteiger partial charge in [-0.2, -0.15) is 0 Å². The average Bonchev–Trinajstić information content (AvgIpc) is 2.55. The van der Waals surface area contributed by atoms with Gasteiger partial charge in [-0.3, -0.25) is 4.79 Å². The Morgan fingerprint density at radius 3 is 2.56 bits per heavy atom. The van der Waals surface area contributed by atoms with Crippen LogP contribution in [0.2, 0.25) is 0 Å². The van der Waals surface area contributed by atoms with Gasteiger partial charge in [0, 0.05) is 25.0 Å². The number of ether oxygens (including phenoxy) is 1. The molecule has 5 nitrogen and oxygen atoms in total. The van der Waals surface area contributed by atoms with Crippen LogP contribution in [0, 0.1) is 0 Å². The monoisotopic (exact) mass is 342 g/mol. The van der Waals surface area contributed by atoms with Crippen LogP contribution in [-0.4, -0.2) is 37.3 Å². The van der Waals surface area contributed by atoms with Gasteiger partial charge >= 0.3 is 0 Å². The second-order valence-corrected chi connectivity index (χ2v) is 6.23. The summed E-state index contributed by atoms with van der Waals surface area (Å²) in [6.07, 6.45) is 0.396. The Kier molecular flexibility index (Phi) is 6.83. The second-order valence-electron chi connectivity index (χ2n) is 6.23. The first kappa shape index (κ1) is 18.8. The summed E-state index contributed by atoms with van der Waals surface area (Å²) in [5.41, 5.74) is 2.65. The molecule has 0 saturated heterocycles. The van der Waals surface area contributed by atoms with Gasteiger partial charge in [-0.15, -0.1) is 0 Å². The molecule has 0 unspecified atom stereocenters. The highest BCUT2D eigenvalue weighted by atomic mass is 16.5. The van der Waals surface area contributed by atoms with E-state index in [0.29, 0.717) is 13.0 Å². The van der Waals surface area contributed by atoms with Gasteiger partial charge < -0.3 is 20.1 Å². The van der Waals surface area contributed by atoms with Gasteiger partial charge in [0.05, 0.1) is 19.1 Å². The average molecular weight is 342 g/mol. The number of hydrogen-bond donors (Lipinski definition) is 2. The lowest BCUT2D eigenvalue weighted by molar-refractivity contribution is -0.115. The van der Waals surface area contributed by atoms with Gasteiger partial charge in [0.25, 0.3) is 0 Å². The van der Waals surface area contributed by atoms with Crippen molar-refractivity contribution in [1.29, 1.82) is 0 Å². The molecule has 0 bridgehead atoms. The minimum atomic E-state index is -0.0711. The smallest absolute Gasteiger partial charge is 0.228 e. The number of amides is 1. The minimum absolute atomic E-state index is 0.0711. The molecule has 0 saturated carbocycles. The standard InChI is InChI=1S/C20H26N2O3/c1-15(2)25-19-6-4-5-16(13-19)14-20(24)21-17-7-9-18(10-8-17)22(3)11-12-23/h4-10,13,15,23H,11-12,14H2,1-3H3,(H,21,24). The molecule has 2 aromatic carbocycles. The van der Waals surface area contributed by atoms with Crippen LogP contribution < -0.4 is 15.0 Å². The van der Waals surface area contributed by atoms with Crippen molar-refractivity contribution in [1.82, 2.24) is 0 Å². The van der Waals surface area contributed by atoms with E-state index in [1.54, 1.807) is 0 Å². The fourth-order valence-corrected chi connectivity index (χ4v) is 2.47. The fourth-order valence-electron chi connectivity index (χ4n) is 2.47. The molecule has 1 amide bonds. The van der Waals surface area contributed by atoms with E-state index in [2.05, 4.69) is 5.32 Å². The minimum Gasteiger partial charge on any atom is -0.491 e. The Bertz CT molecular complexity index is 684. The van der Waals surface area contributed by atoms with E-state index in [1.165, 1.54) is 0 Å². The number of anilines is 2. The summed E-state index contributed by atoms with van der Waals surface area (Å²) in [5, 5.41) is 11.9. The number of rotatable bonds is 8. The van der Waals surface area contributed by atoms with Crippen molar-refractivity contribution in [2.75, 3.05) is 30.4 Å². The number of nitrogens with one attached hydrogen (secondary N) is 1. The quantitative estimate of drug-likeness (QED) is 0.774. The van der Waals surface area contributed by atoms with Gasteiger partial charge in [0.15, 0.2) is 0 Å². The van der Waals surface area contributed by atoms with E-state index in [4.69, 9.17) is 9.84 Å². The maximum absolute atomic E-state index is 12.2. The molecule has 0 spiro atoms. The number of carbonyl (C=O) groups is 1. The highest BCUT2D eigenvalue weighted by Gasteiger charge is 2.07. The zero-order valence-electron chi connectivity index (χ0n) is 15.0. The van der Waals surface area contributed by atoms with Crippen molar-refractivity contribution in [2.24, 2.45) is 0 Å². The third kappa shape index (κ3) is 6.12. The first-order chi connectivity index (χ1) is 12.0. The molecule has 2 aromatic rings. The Morgan fingerprint density at radius 2 is 1.92 bits per heavy atom. The van der Waals surface area contributed by atoms with E-state index < -0.39 is 0 Å². The molecule has 134 valence electrons. The highest BCUT2D eigenvalue weighted by Crippen LogP contribution is 2.18. The van der Waals surface area contributed by atoms with Crippen molar-refractivity contribution in [2.45, 2.75) is 26.4 Å². The Morgan fingerprint density at radius 1 is 1.20 bits per heavy atom. The number of likely N-dealkylation sites (N-methyl/N-ethyl adjacent to an activating group) is 1. The zero-order valence-corrected chi connectivity index (χ0v) is 15.0. The lowest BCUT2D eigenvalue weighted by Crippen LogP contribution is -2.21. The Labute approximate surface area is 149 Å². The summed E-state index contributed by atoms with van der Waals surface area (Å²) < 4.78 is 5.66. The Hall–Kier alpha value is -2.53. The van der Waals surface area contributed by atoms with E-state index in [9.17, 15) is 4.79 Å². The molecule has 5 heteroatoms. The summed E-state index contributed by atoms with van der Waals surface area (Å²) in [7, 11) is 1.91. The molecule has 2 N–H and O–H groups in total. The first-order valence-electron chi connectivity index (χ1n) is 8.45. The van der Waals surface area contributed by atoms with Crippen molar-refractivity contribution >= 4 is 17.3 Å². The zero-order chi connectivity index (χ0) is 18.2. The molecule has 0 fully saturated rings. The van der Waals surface area contributed by atoms with E-state index in [0.717, 1.165) is 22.7 Å². The van der Waals surface area contributed by atoms with Crippen molar-refractivity contribution in [3.05, 3.63) is 54.1 Å². The van der Waals surface area contributed by atoms with Gasteiger partial charge in [-0.1, -0.05) is 12.1 Å². The van der Waals surface area contributed by atoms with Crippen LogP contribution in [-0.2, 0) is 11.2 Å². The van der Waals surface area contributed by atoms with Gasteiger partial charge in [0.1, 0.15) is 5.75 Å². The first-order valence-corrected chi connectivity index (χ1v) is 8.45. The summed E-state index contributed by atoms with van der Waals surface area (Å²) in [5.74, 6) is 0.703. The van der Waals surface area contributed by atoms with Gasteiger partial charge in [0.2, 0.25) is 5.91 Å². The van der Waals surface area contributed by atoms with Crippen molar-refractivity contribution in [3.8, 4) is 5.75 Å². The summed E-state index contributed by atoms with van der Waals surface area (Å²) >= 11 is 0. The van der Waals surface area contributed by atoms with Crippen LogP contribution in [0.5, 0.6) is 5.75 Å². The third-order valence-corrected chi connectivity index (χ3v) is 3.66. The van der Waals surface area contributed by atoms with E-state index in [1.807, 2.05) is 74.3 Å². The lowest BCUT2D eigenvalue weighted by Gasteiger charge is -2.18. The molecular formula is C20H26N2O3. The summed E-state index contributed by atoms with van der Waals surface area (Å²) in [4.78, 5) is 14.2. The predicted octanol–water partition coefficient (Wildman–Crippen LogP) is 3.08. The van der Waals surface area contributed by atoms with Crippen LogP contribution in [0.25, 0.3) is 0 Å². The number of hydrogen-bond acceptors (Lipinski definition) is 4. The topological polar surface area (TPSA) is 61.8 Å². The van der Waals surface area contributed by atoms with E-state index >= 15 is 0 Å². The highest BCUT2D eigenvalue weighted by molar-refractivity contribution is 5.92. The number of aliphatic hydroxyl groups is 1. The van der Waals surface area contributed by atoms with Gasteiger partial charge in [-0.25, -0.2) is 0 Å². The molecule has 0 radical (unpaired) electrons. The molecule has 0 heterocycles. The molecule has 2 rings (SSSR count). The number of nitrogens with zero attached hydrogens (tertiary/aromatic N) is 1. The van der Waals surface area contributed by atoms with Crippen LogP contribution in [0.15, 0.2) is 48.5 Å². The molecule has 0 aliphatic rings. The summed E-state index contributed by atoms with van der Waals surface area (Å²) in [6, 6.07) is 15.2. The normalized spacial score (nSPS) is 10.6. The maximum atomic E-state index is 12.2. The molecule has 0 aliphatic carbocycles. The van der Waals surface area contributed by atoms with Crippen LogP contribution >= 0.6 is 0 Å². The van der Waals surface area contributed by atoms with Crippen LogP contribution in [0.3, 0.4) is 0 Å². The summed E-state index contributed by atoms with van der Waals surface area (Å²) in [6.45, 7) is 4.62. The molecular weight excluding hydrogens is 316 g/mol. The molecule has 0 atom stereocenters.